The summed E-state index contributed by atoms with van der Waals surface area (Å²) in [6, 6.07) is 0. The number of amides is 1. The van der Waals surface area contributed by atoms with Crippen LogP contribution in [0.4, 0.5) is 0 Å². The SMILES string of the molecule is CCC(C)C(=O)NCCCOC1CCCCC1. The summed E-state index contributed by atoms with van der Waals surface area (Å²) >= 11 is 0. The molecule has 0 saturated heterocycles. The largest absolute Gasteiger partial charge is 0.378 e. The van der Waals surface area contributed by atoms with Gasteiger partial charge in [-0.1, -0.05) is 33.1 Å². The van der Waals surface area contributed by atoms with Crippen molar-refractivity contribution in [1.82, 2.24) is 5.32 Å². The van der Waals surface area contributed by atoms with Crippen molar-refractivity contribution >= 4 is 5.91 Å². The predicted octanol–water partition coefficient (Wildman–Crippen LogP) is 2.89. The molecule has 1 unspecified atom stereocenters. The molecular weight excluding hydrogens is 214 g/mol. The van der Waals surface area contributed by atoms with Crippen molar-refractivity contribution < 1.29 is 9.53 Å². The molecule has 1 aliphatic rings. The van der Waals surface area contributed by atoms with Gasteiger partial charge in [-0.15, -0.1) is 0 Å². The monoisotopic (exact) mass is 241 g/mol. The molecule has 0 bridgehead atoms. The van der Waals surface area contributed by atoms with Gasteiger partial charge in [0.05, 0.1) is 6.10 Å². The average molecular weight is 241 g/mol. The summed E-state index contributed by atoms with van der Waals surface area (Å²) in [6.45, 7) is 5.53. The van der Waals surface area contributed by atoms with Gasteiger partial charge in [-0.25, -0.2) is 0 Å². The molecule has 1 amide bonds. The number of hydrogen-bond acceptors (Lipinski definition) is 2. The zero-order valence-corrected chi connectivity index (χ0v) is 11.3. The summed E-state index contributed by atoms with van der Waals surface area (Å²) in [5, 5.41) is 2.95. The van der Waals surface area contributed by atoms with Gasteiger partial charge in [0.1, 0.15) is 0 Å². The highest BCUT2D eigenvalue weighted by molar-refractivity contribution is 5.78. The zero-order chi connectivity index (χ0) is 12.5. The Kier molecular flexibility index (Phi) is 7.25. The zero-order valence-electron chi connectivity index (χ0n) is 11.3. The lowest BCUT2D eigenvalue weighted by atomic mass is 9.98. The Morgan fingerprint density at radius 2 is 2.06 bits per heavy atom. The summed E-state index contributed by atoms with van der Waals surface area (Å²) in [5.74, 6) is 0.305. The van der Waals surface area contributed by atoms with E-state index in [-0.39, 0.29) is 11.8 Å². The third-order valence-corrected chi connectivity index (χ3v) is 3.59. The summed E-state index contributed by atoms with van der Waals surface area (Å²) in [6.07, 6.45) is 8.76. The fraction of sp³-hybridized carbons (Fsp3) is 0.929. The molecule has 0 aliphatic heterocycles. The van der Waals surface area contributed by atoms with Crippen LogP contribution >= 0.6 is 0 Å². The molecule has 1 atom stereocenters. The van der Waals surface area contributed by atoms with Gasteiger partial charge in [0, 0.05) is 19.1 Å². The summed E-state index contributed by atoms with van der Waals surface area (Å²) in [4.78, 5) is 11.5. The molecule has 0 spiro atoms. The number of nitrogens with one attached hydrogen (secondary N) is 1. The van der Waals surface area contributed by atoms with E-state index in [0.29, 0.717) is 6.10 Å². The summed E-state index contributed by atoms with van der Waals surface area (Å²) < 4.78 is 5.80. The molecule has 1 fully saturated rings. The number of hydrogen-bond donors (Lipinski definition) is 1. The van der Waals surface area contributed by atoms with E-state index in [4.69, 9.17) is 4.74 Å². The van der Waals surface area contributed by atoms with Crippen LogP contribution in [0, 0.1) is 5.92 Å². The average Bonchev–Trinajstić information content (AvgIpc) is 2.38. The van der Waals surface area contributed by atoms with Gasteiger partial charge in [0.25, 0.3) is 0 Å². The first kappa shape index (κ1) is 14.5. The first-order valence-electron chi connectivity index (χ1n) is 7.13. The normalized spacial score (nSPS) is 18.9. The van der Waals surface area contributed by atoms with Crippen LogP contribution in [0.1, 0.15) is 58.8 Å². The second-order valence-corrected chi connectivity index (χ2v) is 5.08. The standard InChI is InChI=1S/C14H27NO2/c1-3-12(2)14(16)15-10-7-11-17-13-8-5-4-6-9-13/h12-13H,3-11H2,1-2H3,(H,15,16). The van der Waals surface area contributed by atoms with E-state index in [2.05, 4.69) is 5.32 Å². The Labute approximate surface area is 105 Å². The number of carbonyl (C=O) groups excluding carboxylic acids is 1. The third-order valence-electron chi connectivity index (χ3n) is 3.59. The number of rotatable bonds is 7. The van der Waals surface area contributed by atoms with Crippen LogP contribution in [0.3, 0.4) is 0 Å². The van der Waals surface area contributed by atoms with Gasteiger partial charge in [-0.05, 0) is 25.7 Å². The van der Waals surface area contributed by atoms with Crippen LogP contribution in [-0.2, 0) is 9.53 Å². The van der Waals surface area contributed by atoms with Crippen LogP contribution in [0.2, 0.25) is 0 Å². The Morgan fingerprint density at radius 3 is 2.71 bits per heavy atom. The maximum atomic E-state index is 11.5. The van der Waals surface area contributed by atoms with Crippen molar-refractivity contribution in [1.29, 1.82) is 0 Å². The van der Waals surface area contributed by atoms with E-state index in [0.717, 1.165) is 26.0 Å². The molecule has 0 aromatic heterocycles. The highest BCUT2D eigenvalue weighted by Gasteiger charge is 2.13. The van der Waals surface area contributed by atoms with Crippen molar-refractivity contribution in [2.45, 2.75) is 64.9 Å². The van der Waals surface area contributed by atoms with E-state index in [1.807, 2.05) is 13.8 Å². The molecule has 1 rings (SSSR count). The third kappa shape index (κ3) is 6.06. The van der Waals surface area contributed by atoms with Gasteiger partial charge in [-0.2, -0.15) is 0 Å². The van der Waals surface area contributed by atoms with E-state index >= 15 is 0 Å². The minimum atomic E-state index is 0.134. The van der Waals surface area contributed by atoms with Crippen LogP contribution in [0.15, 0.2) is 0 Å². The molecule has 1 N–H and O–H groups in total. The highest BCUT2D eigenvalue weighted by Crippen LogP contribution is 2.20. The van der Waals surface area contributed by atoms with E-state index in [9.17, 15) is 4.79 Å². The Bertz CT molecular complexity index is 212. The molecule has 100 valence electrons. The van der Waals surface area contributed by atoms with Gasteiger partial charge in [0.15, 0.2) is 0 Å². The molecule has 3 heteroatoms. The van der Waals surface area contributed by atoms with Crippen molar-refractivity contribution in [3.8, 4) is 0 Å². The molecule has 17 heavy (non-hydrogen) atoms. The lowest BCUT2D eigenvalue weighted by Crippen LogP contribution is -2.30. The fourth-order valence-corrected chi connectivity index (χ4v) is 2.13. The molecule has 0 aromatic carbocycles. The molecule has 1 saturated carbocycles. The molecular formula is C14H27NO2. The predicted molar refractivity (Wildman–Crippen MR) is 69.9 cm³/mol. The Balaban J connectivity index is 1.95. The number of carbonyl (C=O) groups is 1. The van der Waals surface area contributed by atoms with Crippen LogP contribution < -0.4 is 5.32 Å². The Morgan fingerprint density at radius 1 is 1.35 bits per heavy atom. The molecule has 0 heterocycles. The van der Waals surface area contributed by atoms with Crippen molar-refractivity contribution in [2.24, 2.45) is 5.92 Å². The second kappa shape index (κ2) is 8.51. The van der Waals surface area contributed by atoms with Gasteiger partial charge in [0.2, 0.25) is 5.91 Å². The highest BCUT2D eigenvalue weighted by atomic mass is 16.5. The molecule has 3 nitrogen and oxygen atoms in total. The van der Waals surface area contributed by atoms with Crippen LogP contribution in [-0.4, -0.2) is 25.2 Å². The number of ether oxygens (including phenoxy) is 1. The topological polar surface area (TPSA) is 38.3 Å². The quantitative estimate of drug-likeness (QED) is 0.696. The maximum Gasteiger partial charge on any atom is 0.222 e. The maximum absolute atomic E-state index is 11.5. The van der Waals surface area contributed by atoms with Crippen molar-refractivity contribution in [3.63, 3.8) is 0 Å². The fourth-order valence-electron chi connectivity index (χ4n) is 2.13. The molecule has 1 aliphatic carbocycles. The van der Waals surface area contributed by atoms with E-state index in [1.54, 1.807) is 0 Å². The van der Waals surface area contributed by atoms with Crippen molar-refractivity contribution in [3.05, 3.63) is 0 Å². The van der Waals surface area contributed by atoms with Gasteiger partial charge >= 0.3 is 0 Å². The lowest BCUT2D eigenvalue weighted by molar-refractivity contribution is -0.124. The second-order valence-electron chi connectivity index (χ2n) is 5.08. The van der Waals surface area contributed by atoms with Crippen LogP contribution in [0.25, 0.3) is 0 Å². The summed E-state index contributed by atoms with van der Waals surface area (Å²) in [7, 11) is 0. The first-order chi connectivity index (χ1) is 8.24. The van der Waals surface area contributed by atoms with Gasteiger partial charge in [-0.3, -0.25) is 4.79 Å². The van der Waals surface area contributed by atoms with E-state index < -0.39 is 0 Å². The summed E-state index contributed by atoms with van der Waals surface area (Å²) in [5.41, 5.74) is 0. The smallest absolute Gasteiger partial charge is 0.222 e. The molecule has 0 aromatic rings. The first-order valence-corrected chi connectivity index (χ1v) is 7.13. The van der Waals surface area contributed by atoms with Gasteiger partial charge < -0.3 is 10.1 Å². The van der Waals surface area contributed by atoms with E-state index in [1.165, 1.54) is 32.1 Å². The Hall–Kier alpha value is -0.570. The van der Waals surface area contributed by atoms with Crippen LogP contribution in [0.5, 0.6) is 0 Å². The molecule has 0 radical (unpaired) electrons. The van der Waals surface area contributed by atoms with Crippen molar-refractivity contribution in [2.75, 3.05) is 13.2 Å². The minimum absolute atomic E-state index is 0.134. The minimum Gasteiger partial charge on any atom is -0.378 e. The lowest BCUT2D eigenvalue weighted by Gasteiger charge is -2.22.